The van der Waals surface area contributed by atoms with Gasteiger partial charge in [0.1, 0.15) is 0 Å². The second-order valence-corrected chi connectivity index (χ2v) is 6.35. The lowest BCUT2D eigenvalue weighted by Crippen LogP contribution is -2.11. The van der Waals surface area contributed by atoms with Crippen LogP contribution in [0.5, 0.6) is 0 Å². The van der Waals surface area contributed by atoms with Crippen LogP contribution in [-0.2, 0) is 0 Å². The number of amides is 1. The number of anilines is 3. The number of carbonyl (C=O) groups excluding carboxylic acids is 1. The highest BCUT2D eigenvalue weighted by Crippen LogP contribution is 2.20. The third kappa shape index (κ3) is 4.46. The van der Waals surface area contributed by atoms with Gasteiger partial charge in [0, 0.05) is 41.1 Å². The molecule has 0 unspecified atom stereocenters. The molecule has 2 aromatic carbocycles. The normalized spacial score (nSPS) is 10.1. The van der Waals surface area contributed by atoms with Crippen molar-refractivity contribution >= 4 is 23.2 Å². The molecule has 0 aliphatic heterocycles. The number of carbonyl (C=O) groups is 1. The summed E-state index contributed by atoms with van der Waals surface area (Å²) in [5.74, 6) is 0.221. The number of hydrogen-bond donors (Lipinski definition) is 2. The van der Waals surface area contributed by atoms with Gasteiger partial charge in [-0.2, -0.15) is 5.26 Å². The van der Waals surface area contributed by atoms with E-state index in [9.17, 15) is 4.79 Å². The smallest absolute Gasteiger partial charge is 0.255 e. The van der Waals surface area contributed by atoms with E-state index in [2.05, 4.69) is 25.6 Å². The average Bonchev–Trinajstić information content (AvgIpc) is 2.81. The first-order valence-corrected chi connectivity index (χ1v) is 9.13. The first kappa shape index (κ1) is 18.8. The van der Waals surface area contributed by atoms with E-state index in [1.807, 2.05) is 36.4 Å². The predicted octanol–water partition coefficient (Wildman–Crippen LogP) is 4.41. The number of aromatic nitrogens is 3. The monoisotopic (exact) mass is 392 g/mol. The lowest BCUT2D eigenvalue weighted by Gasteiger charge is -2.09. The Morgan fingerprint density at radius 3 is 2.37 bits per heavy atom. The molecule has 0 saturated carbocycles. The number of nitrogens with zero attached hydrogens (tertiary/aromatic N) is 4. The van der Waals surface area contributed by atoms with Crippen molar-refractivity contribution in [3.8, 4) is 17.3 Å². The summed E-state index contributed by atoms with van der Waals surface area (Å²) < 4.78 is 0. The Balaban J connectivity index is 1.42. The van der Waals surface area contributed by atoms with Gasteiger partial charge in [0.05, 0.1) is 17.3 Å². The van der Waals surface area contributed by atoms with Crippen molar-refractivity contribution in [3.63, 3.8) is 0 Å². The zero-order chi connectivity index (χ0) is 20.8. The van der Waals surface area contributed by atoms with Gasteiger partial charge in [-0.05, 0) is 66.7 Å². The molecule has 0 atom stereocenters. The minimum Gasteiger partial charge on any atom is -0.324 e. The lowest BCUT2D eigenvalue weighted by molar-refractivity contribution is 0.102. The zero-order valence-corrected chi connectivity index (χ0v) is 15.8. The minimum atomic E-state index is -0.243. The molecule has 7 nitrogen and oxygen atoms in total. The van der Waals surface area contributed by atoms with Gasteiger partial charge in [0.25, 0.3) is 5.91 Å². The van der Waals surface area contributed by atoms with Gasteiger partial charge < -0.3 is 10.6 Å². The van der Waals surface area contributed by atoms with Crippen molar-refractivity contribution < 1.29 is 4.79 Å². The summed E-state index contributed by atoms with van der Waals surface area (Å²) in [6, 6.07) is 21.3. The summed E-state index contributed by atoms with van der Waals surface area (Å²) in [4.78, 5) is 25.2. The van der Waals surface area contributed by atoms with E-state index in [1.165, 1.54) is 0 Å². The van der Waals surface area contributed by atoms with Crippen molar-refractivity contribution in [3.05, 3.63) is 96.4 Å². The number of benzene rings is 2. The number of hydrogen-bond acceptors (Lipinski definition) is 6. The molecule has 0 radical (unpaired) electrons. The topological polar surface area (TPSA) is 104 Å². The molecule has 2 aromatic heterocycles. The molecule has 0 bridgehead atoms. The van der Waals surface area contributed by atoms with Gasteiger partial charge in [0.2, 0.25) is 5.95 Å². The molecule has 0 spiro atoms. The van der Waals surface area contributed by atoms with Crippen LogP contribution < -0.4 is 10.6 Å². The van der Waals surface area contributed by atoms with Crippen molar-refractivity contribution in [2.45, 2.75) is 0 Å². The molecule has 0 aliphatic rings. The third-order valence-electron chi connectivity index (χ3n) is 4.29. The van der Waals surface area contributed by atoms with Crippen LogP contribution in [0, 0.1) is 11.3 Å². The summed E-state index contributed by atoms with van der Waals surface area (Å²) in [6.07, 6.45) is 5.15. The first-order valence-electron chi connectivity index (χ1n) is 9.13. The Bertz CT molecular complexity index is 1200. The summed E-state index contributed by atoms with van der Waals surface area (Å²) in [6.45, 7) is 0. The number of rotatable bonds is 5. The Labute approximate surface area is 173 Å². The van der Waals surface area contributed by atoms with E-state index < -0.39 is 0 Å². The summed E-state index contributed by atoms with van der Waals surface area (Å²) in [7, 11) is 0. The number of pyridine rings is 1. The van der Waals surface area contributed by atoms with Crippen LogP contribution >= 0.6 is 0 Å². The van der Waals surface area contributed by atoms with Crippen LogP contribution in [0.1, 0.15) is 15.9 Å². The Morgan fingerprint density at radius 1 is 0.900 bits per heavy atom. The van der Waals surface area contributed by atoms with E-state index >= 15 is 0 Å². The van der Waals surface area contributed by atoms with Gasteiger partial charge in [0.15, 0.2) is 0 Å². The quantitative estimate of drug-likeness (QED) is 0.521. The lowest BCUT2D eigenvalue weighted by atomic mass is 10.1. The fourth-order valence-electron chi connectivity index (χ4n) is 2.76. The van der Waals surface area contributed by atoms with Crippen molar-refractivity contribution in [1.29, 1.82) is 5.26 Å². The summed E-state index contributed by atoms with van der Waals surface area (Å²) in [5, 5.41) is 14.8. The molecule has 4 aromatic rings. The van der Waals surface area contributed by atoms with Crippen LogP contribution in [0.25, 0.3) is 11.3 Å². The van der Waals surface area contributed by atoms with E-state index in [0.29, 0.717) is 22.8 Å². The minimum absolute atomic E-state index is 0.243. The van der Waals surface area contributed by atoms with Crippen LogP contribution in [0.3, 0.4) is 0 Å². The Kier molecular flexibility index (Phi) is 5.40. The third-order valence-corrected chi connectivity index (χ3v) is 4.29. The molecular weight excluding hydrogens is 376 g/mol. The predicted molar refractivity (Wildman–Crippen MR) is 114 cm³/mol. The van der Waals surface area contributed by atoms with E-state index in [0.717, 1.165) is 16.9 Å². The average molecular weight is 392 g/mol. The second-order valence-electron chi connectivity index (χ2n) is 6.35. The van der Waals surface area contributed by atoms with Crippen molar-refractivity contribution in [2.75, 3.05) is 10.6 Å². The first-order chi connectivity index (χ1) is 14.7. The molecule has 4 rings (SSSR count). The Morgan fingerprint density at radius 2 is 1.67 bits per heavy atom. The number of nitrogens with one attached hydrogen (secondary N) is 2. The molecular formula is C23H16N6O. The zero-order valence-electron chi connectivity index (χ0n) is 15.8. The highest BCUT2D eigenvalue weighted by molar-refractivity contribution is 6.04. The molecule has 30 heavy (non-hydrogen) atoms. The largest absolute Gasteiger partial charge is 0.324 e. The maximum Gasteiger partial charge on any atom is 0.255 e. The molecule has 0 saturated heterocycles. The number of nitriles is 1. The van der Waals surface area contributed by atoms with E-state index in [-0.39, 0.29) is 5.91 Å². The van der Waals surface area contributed by atoms with Crippen molar-refractivity contribution in [1.82, 2.24) is 15.0 Å². The van der Waals surface area contributed by atoms with Crippen LogP contribution in [0.15, 0.2) is 85.3 Å². The molecule has 0 fully saturated rings. The van der Waals surface area contributed by atoms with E-state index in [4.69, 9.17) is 5.26 Å². The molecule has 7 heteroatoms. The molecule has 1 amide bonds. The molecule has 2 heterocycles. The van der Waals surface area contributed by atoms with Crippen molar-refractivity contribution in [2.24, 2.45) is 0 Å². The molecule has 2 N–H and O–H groups in total. The van der Waals surface area contributed by atoms with Gasteiger partial charge in [-0.25, -0.2) is 9.97 Å². The highest BCUT2D eigenvalue weighted by Gasteiger charge is 2.07. The fourth-order valence-corrected chi connectivity index (χ4v) is 2.76. The van der Waals surface area contributed by atoms with Gasteiger partial charge in [-0.3, -0.25) is 9.78 Å². The summed E-state index contributed by atoms with van der Waals surface area (Å²) >= 11 is 0. The standard InChI is InChI=1S/C23H16N6O/c24-14-16-3-5-17(6-4-16)22(30)27-19-7-9-20(10-8-19)28-23-26-13-11-21(29-23)18-2-1-12-25-15-18/h1-13,15H,(H,27,30)(H,26,28,29). The SMILES string of the molecule is N#Cc1ccc(C(=O)Nc2ccc(Nc3nccc(-c4cccnc4)n3)cc2)cc1. The maximum atomic E-state index is 12.3. The van der Waals surface area contributed by atoms with Crippen LogP contribution in [0.2, 0.25) is 0 Å². The maximum absolute atomic E-state index is 12.3. The second kappa shape index (κ2) is 8.63. The van der Waals surface area contributed by atoms with Gasteiger partial charge >= 0.3 is 0 Å². The fraction of sp³-hybridized carbons (Fsp3) is 0. The summed E-state index contributed by atoms with van der Waals surface area (Å²) in [5.41, 5.74) is 4.11. The Hall–Kier alpha value is -4.57. The van der Waals surface area contributed by atoms with Crippen LogP contribution in [0.4, 0.5) is 17.3 Å². The van der Waals surface area contributed by atoms with Gasteiger partial charge in [-0.1, -0.05) is 0 Å². The molecule has 0 aliphatic carbocycles. The van der Waals surface area contributed by atoms with E-state index in [1.54, 1.807) is 55.0 Å². The highest BCUT2D eigenvalue weighted by atomic mass is 16.1. The van der Waals surface area contributed by atoms with Gasteiger partial charge in [-0.15, -0.1) is 0 Å². The van der Waals surface area contributed by atoms with Crippen LogP contribution in [-0.4, -0.2) is 20.9 Å². The molecule has 144 valence electrons.